The molecule has 0 unspecified atom stereocenters. The second-order valence-electron chi connectivity index (χ2n) is 16.1. The molecule has 0 fully saturated rings. The standard InChI is InChI=1S/C57H35N5/c1-3-18-37(19-4-1)53-52(58-51-34-32-36-17-7-16-30-50(36)62(51)53)44-25-8-9-26-45(44)56-60-54(38-20-5-2-6-21-38)59-55(61-56)39-31-33-43-42-24-12-15-29-48(42)57(49(43)35-39)46-27-13-10-22-40(46)41-23-11-14-28-47(41)57/h1-35H. The van der Waals surface area contributed by atoms with Gasteiger partial charge in [-0.2, -0.15) is 0 Å². The molecule has 1 spiro atoms. The number of para-hydroxylation sites is 1. The molecule has 2 aliphatic carbocycles. The molecule has 2 aliphatic rings. The van der Waals surface area contributed by atoms with Crippen molar-refractivity contribution in [2.24, 2.45) is 0 Å². The highest BCUT2D eigenvalue weighted by Crippen LogP contribution is 2.63. The maximum Gasteiger partial charge on any atom is 0.164 e. The molecule has 0 atom stereocenters. The van der Waals surface area contributed by atoms with Crippen molar-refractivity contribution in [2.45, 2.75) is 5.41 Å². The maximum atomic E-state index is 5.41. The zero-order valence-electron chi connectivity index (χ0n) is 33.4. The van der Waals surface area contributed by atoms with Crippen LogP contribution in [0.5, 0.6) is 0 Å². The van der Waals surface area contributed by atoms with E-state index in [4.69, 9.17) is 19.9 Å². The third kappa shape index (κ3) is 4.90. The van der Waals surface area contributed by atoms with E-state index in [0.717, 1.165) is 55.8 Å². The summed E-state index contributed by atoms with van der Waals surface area (Å²) in [5.41, 5.74) is 18.3. The minimum atomic E-state index is -0.485. The van der Waals surface area contributed by atoms with E-state index < -0.39 is 5.41 Å². The number of hydrogen-bond acceptors (Lipinski definition) is 4. The number of fused-ring (bicyclic) bond motifs is 13. The summed E-state index contributed by atoms with van der Waals surface area (Å²) in [6.07, 6.45) is 0. The van der Waals surface area contributed by atoms with E-state index in [1.165, 1.54) is 44.5 Å². The van der Waals surface area contributed by atoms with Crippen LogP contribution in [0, 0.1) is 0 Å². The predicted molar refractivity (Wildman–Crippen MR) is 250 cm³/mol. The van der Waals surface area contributed by atoms with Crippen molar-refractivity contribution >= 4 is 16.6 Å². The van der Waals surface area contributed by atoms with E-state index in [0.29, 0.717) is 17.5 Å². The molecule has 0 saturated carbocycles. The Morgan fingerprint density at radius 2 is 0.823 bits per heavy atom. The van der Waals surface area contributed by atoms with Crippen LogP contribution >= 0.6 is 0 Å². The maximum absolute atomic E-state index is 5.41. The Bertz CT molecular complexity index is 3530. The molecule has 3 heterocycles. The summed E-state index contributed by atoms with van der Waals surface area (Å²) in [7, 11) is 0. The number of aromatic nitrogens is 5. The first-order valence-corrected chi connectivity index (χ1v) is 21.1. The quantitative estimate of drug-likeness (QED) is 0.174. The number of nitrogens with zero attached hydrogens (tertiary/aromatic N) is 5. The molecule has 0 bridgehead atoms. The predicted octanol–water partition coefficient (Wildman–Crippen LogP) is 13.4. The molecule has 3 aromatic heterocycles. The second kappa shape index (κ2) is 13.4. The van der Waals surface area contributed by atoms with Gasteiger partial charge in [-0.15, -0.1) is 0 Å². The Kier molecular flexibility index (Phi) is 7.45. The first-order valence-electron chi connectivity index (χ1n) is 21.1. The van der Waals surface area contributed by atoms with Crippen LogP contribution in [0.4, 0.5) is 0 Å². The van der Waals surface area contributed by atoms with Crippen molar-refractivity contribution in [1.82, 2.24) is 24.3 Å². The number of pyridine rings is 1. The highest BCUT2D eigenvalue weighted by Gasteiger charge is 2.51. The minimum absolute atomic E-state index is 0.485. The van der Waals surface area contributed by atoms with E-state index in [1.54, 1.807) is 0 Å². The molecule has 0 saturated heterocycles. The average molecular weight is 790 g/mol. The fraction of sp³-hybridized carbons (Fsp3) is 0.0175. The van der Waals surface area contributed by atoms with Gasteiger partial charge in [0.1, 0.15) is 5.65 Å². The molecule has 288 valence electrons. The van der Waals surface area contributed by atoms with Gasteiger partial charge in [0, 0.05) is 27.8 Å². The fourth-order valence-corrected chi connectivity index (χ4v) is 10.3. The fourth-order valence-electron chi connectivity index (χ4n) is 10.3. The van der Waals surface area contributed by atoms with Crippen LogP contribution in [0.1, 0.15) is 22.3 Å². The van der Waals surface area contributed by atoms with Crippen LogP contribution in [0.2, 0.25) is 0 Å². The van der Waals surface area contributed by atoms with Crippen molar-refractivity contribution in [3.63, 3.8) is 0 Å². The van der Waals surface area contributed by atoms with Gasteiger partial charge in [-0.05, 0) is 74.2 Å². The zero-order chi connectivity index (χ0) is 40.8. The van der Waals surface area contributed by atoms with Gasteiger partial charge in [-0.3, -0.25) is 4.40 Å². The van der Waals surface area contributed by atoms with Gasteiger partial charge in [-0.1, -0.05) is 188 Å². The summed E-state index contributed by atoms with van der Waals surface area (Å²) in [5.74, 6) is 1.81. The normalized spacial score (nSPS) is 13.0. The first-order chi connectivity index (χ1) is 30.8. The van der Waals surface area contributed by atoms with Crippen LogP contribution < -0.4 is 0 Å². The lowest BCUT2D eigenvalue weighted by Gasteiger charge is -2.30. The molecule has 0 amide bonds. The highest BCUT2D eigenvalue weighted by atomic mass is 15.0. The summed E-state index contributed by atoms with van der Waals surface area (Å²) in [4.78, 5) is 21.3. The summed E-state index contributed by atoms with van der Waals surface area (Å²) in [5, 5.41) is 1.15. The smallest absolute Gasteiger partial charge is 0.164 e. The van der Waals surface area contributed by atoms with Crippen LogP contribution in [-0.2, 0) is 5.41 Å². The lowest BCUT2D eigenvalue weighted by molar-refractivity contribution is 0.794. The SMILES string of the molecule is c1ccc(-c2nc(-c3ccc4c(c3)C3(c5ccccc5-c5ccccc53)c3ccccc3-4)nc(-c3ccccc3-c3nc4ccc5ccccc5n4c3-c3ccccc3)n2)cc1. The Morgan fingerprint density at radius 3 is 1.48 bits per heavy atom. The van der Waals surface area contributed by atoms with E-state index in [1.807, 2.05) is 18.2 Å². The van der Waals surface area contributed by atoms with Crippen molar-refractivity contribution in [3.05, 3.63) is 235 Å². The summed E-state index contributed by atoms with van der Waals surface area (Å²) >= 11 is 0. The molecule has 0 N–H and O–H groups in total. The Morgan fingerprint density at radius 1 is 0.323 bits per heavy atom. The summed E-state index contributed by atoms with van der Waals surface area (Å²) in [6.45, 7) is 0. The highest BCUT2D eigenvalue weighted by molar-refractivity contribution is 5.97. The van der Waals surface area contributed by atoms with Crippen LogP contribution in [-0.4, -0.2) is 24.3 Å². The molecule has 5 heteroatoms. The second-order valence-corrected chi connectivity index (χ2v) is 16.1. The lowest BCUT2D eigenvalue weighted by Crippen LogP contribution is -2.25. The molecular formula is C57H35N5. The molecule has 8 aromatic carbocycles. The van der Waals surface area contributed by atoms with Gasteiger partial charge in [0.2, 0.25) is 0 Å². The average Bonchev–Trinajstić information content (AvgIpc) is 3.99. The number of benzene rings is 8. The summed E-state index contributed by atoms with van der Waals surface area (Å²) < 4.78 is 2.28. The number of imidazole rings is 1. The van der Waals surface area contributed by atoms with Crippen molar-refractivity contribution in [3.8, 4) is 78.9 Å². The van der Waals surface area contributed by atoms with Gasteiger partial charge in [-0.25, -0.2) is 19.9 Å². The van der Waals surface area contributed by atoms with Gasteiger partial charge in [0.15, 0.2) is 17.5 Å². The van der Waals surface area contributed by atoms with Crippen LogP contribution in [0.3, 0.4) is 0 Å². The first kappa shape index (κ1) is 34.6. The van der Waals surface area contributed by atoms with E-state index in [9.17, 15) is 0 Å². The van der Waals surface area contributed by atoms with Gasteiger partial charge < -0.3 is 0 Å². The molecule has 0 radical (unpaired) electrons. The zero-order valence-corrected chi connectivity index (χ0v) is 33.4. The summed E-state index contributed by atoms with van der Waals surface area (Å²) in [6, 6.07) is 75.4. The van der Waals surface area contributed by atoms with E-state index >= 15 is 0 Å². The van der Waals surface area contributed by atoms with Crippen molar-refractivity contribution in [2.75, 3.05) is 0 Å². The van der Waals surface area contributed by atoms with Gasteiger partial charge in [0.25, 0.3) is 0 Å². The minimum Gasteiger partial charge on any atom is -0.292 e. The lowest BCUT2D eigenvalue weighted by atomic mass is 9.70. The van der Waals surface area contributed by atoms with Crippen molar-refractivity contribution in [1.29, 1.82) is 0 Å². The van der Waals surface area contributed by atoms with Crippen molar-refractivity contribution < 1.29 is 0 Å². The molecule has 5 nitrogen and oxygen atoms in total. The van der Waals surface area contributed by atoms with Gasteiger partial charge in [0.05, 0.1) is 22.3 Å². The molecule has 62 heavy (non-hydrogen) atoms. The molecule has 0 aliphatic heterocycles. The third-order valence-electron chi connectivity index (χ3n) is 12.9. The van der Waals surface area contributed by atoms with E-state index in [2.05, 4.69) is 199 Å². The third-order valence-corrected chi connectivity index (χ3v) is 12.9. The largest absolute Gasteiger partial charge is 0.292 e. The van der Waals surface area contributed by atoms with Crippen LogP contribution in [0.25, 0.3) is 95.5 Å². The Hall–Kier alpha value is -8.28. The Balaban J connectivity index is 1.05. The Labute approximate surface area is 358 Å². The molecular weight excluding hydrogens is 755 g/mol. The van der Waals surface area contributed by atoms with E-state index in [-0.39, 0.29) is 0 Å². The van der Waals surface area contributed by atoms with Gasteiger partial charge >= 0.3 is 0 Å². The molecule has 13 rings (SSSR count). The topological polar surface area (TPSA) is 56.0 Å². The number of rotatable bonds is 5. The monoisotopic (exact) mass is 789 g/mol. The van der Waals surface area contributed by atoms with Crippen LogP contribution in [0.15, 0.2) is 212 Å². The number of hydrogen-bond donors (Lipinski definition) is 0. The molecule has 11 aromatic rings.